The number of carboxylic acid groups (broad SMARTS) is 1. The Morgan fingerprint density at radius 2 is 1.91 bits per heavy atom. The summed E-state index contributed by atoms with van der Waals surface area (Å²) < 4.78 is 0. The highest BCUT2D eigenvalue weighted by Gasteiger charge is 2.43. The molecule has 2 atom stereocenters. The molecule has 23 heavy (non-hydrogen) atoms. The molecule has 2 aromatic rings. The van der Waals surface area contributed by atoms with Crippen LogP contribution in [0.15, 0.2) is 12.3 Å². The van der Waals surface area contributed by atoms with E-state index < -0.39 is 6.09 Å². The topological polar surface area (TPSA) is 82.5 Å². The third-order valence-electron chi connectivity index (χ3n) is 4.50. The highest BCUT2D eigenvalue weighted by atomic mass is 35.5. The van der Waals surface area contributed by atoms with E-state index in [1.165, 1.54) is 0 Å². The van der Waals surface area contributed by atoms with Crippen LogP contribution in [0.3, 0.4) is 0 Å². The Bertz CT molecular complexity index is 783. The first-order chi connectivity index (χ1) is 11.0. The molecule has 2 aromatic heterocycles. The Balaban J connectivity index is 1.75. The van der Waals surface area contributed by atoms with Gasteiger partial charge in [-0.25, -0.2) is 14.8 Å². The molecule has 2 saturated heterocycles. The number of pyridine rings is 1. The van der Waals surface area contributed by atoms with Crippen LogP contribution in [0.4, 0.5) is 10.6 Å². The Kier molecular flexibility index (Phi) is 3.42. The fourth-order valence-electron chi connectivity index (χ4n) is 3.59. The van der Waals surface area contributed by atoms with Gasteiger partial charge in [-0.2, -0.15) is 4.98 Å². The molecule has 9 heteroatoms. The second-order valence-corrected chi connectivity index (χ2v) is 6.55. The van der Waals surface area contributed by atoms with Crippen LogP contribution in [0.25, 0.3) is 10.9 Å². The van der Waals surface area contributed by atoms with Crippen LogP contribution in [0.2, 0.25) is 10.4 Å². The van der Waals surface area contributed by atoms with E-state index in [9.17, 15) is 9.90 Å². The maximum Gasteiger partial charge on any atom is 0.407 e. The Morgan fingerprint density at radius 1 is 1.22 bits per heavy atom. The summed E-state index contributed by atoms with van der Waals surface area (Å²) in [5, 5.41) is 10.6. The average molecular weight is 354 g/mol. The first-order valence-corrected chi connectivity index (χ1v) is 8.03. The molecule has 1 N–H and O–H groups in total. The Hall–Kier alpha value is -1.86. The monoisotopic (exact) mass is 353 g/mol. The molecule has 1 amide bonds. The molecule has 2 bridgehead atoms. The lowest BCUT2D eigenvalue weighted by molar-refractivity contribution is 0.114. The second kappa shape index (κ2) is 5.35. The van der Waals surface area contributed by atoms with Gasteiger partial charge in [0.1, 0.15) is 11.0 Å². The number of fused-ring (bicyclic) bond motifs is 3. The van der Waals surface area contributed by atoms with E-state index in [4.69, 9.17) is 23.2 Å². The summed E-state index contributed by atoms with van der Waals surface area (Å²) in [6.45, 7) is 1.18. The molecule has 7 nitrogen and oxygen atoms in total. The largest absolute Gasteiger partial charge is 0.465 e. The minimum absolute atomic E-state index is 0.0182. The van der Waals surface area contributed by atoms with E-state index in [-0.39, 0.29) is 17.4 Å². The van der Waals surface area contributed by atoms with Crippen LogP contribution in [0.5, 0.6) is 0 Å². The maximum absolute atomic E-state index is 11.4. The highest BCUT2D eigenvalue weighted by Crippen LogP contribution is 2.34. The summed E-state index contributed by atoms with van der Waals surface area (Å²) in [6.07, 6.45) is 2.52. The molecule has 4 rings (SSSR count). The summed E-state index contributed by atoms with van der Waals surface area (Å²) in [6, 6.07) is 1.61. The average Bonchev–Trinajstić information content (AvgIpc) is 2.77. The predicted octanol–water partition coefficient (Wildman–Crippen LogP) is 2.66. The van der Waals surface area contributed by atoms with Gasteiger partial charge in [-0.3, -0.25) is 4.90 Å². The predicted molar refractivity (Wildman–Crippen MR) is 86.2 cm³/mol. The zero-order valence-electron chi connectivity index (χ0n) is 12.0. The molecule has 120 valence electrons. The van der Waals surface area contributed by atoms with Gasteiger partial charge < -0.3 is 10.0 Å². The molecule has 2 aliphatic rings. The lowest BCUT2D eigenvalue weighted by Gasteiger charge is -2.40. The van der Waals surface area contributed by atoms with Crippen molar-refractivity contribution in [3.63, 3.8) is 0 Å². The molecule has 0 spiro atoms. The van der Waals surface area contributed by atoms with Gasteiger partial charge in [-0.1, -0.05) is 11.6 Å². The summed E-state index contributed by atoms with van der Waals surface area (Å²) in [4.78, 5) is 27.7. The minimum Gasteiger partial charge on any atom is -0.465 e. The van der Waals surface area contributed by atoms with Crippen LogP contribution in [-0.4, -0.2) is 56.2 Å². The zero-order chi connectivity index (χ0) is 16.1. The van der Waals surface area contributed by atoms with Crippen molar-refractivity contribution in [1.29, 1.82) is 0 Å². The maximum atomic E-state index is 11.4. The molecular formula is C14H13Cl2N5O2. The molecule has 0 saturated carbocycles. The SMILES string of the molecule is O=C(O)N1C2CCC1CN(c1nc(Cl)nc3cc(Cl)ncc13)C2. The van der Waals surface area contributed by atoms with Gasteiger partial charge >= 0.3 is 6.09 Å². The minimum atomic E-state index is -0.851. The molecule has 2 aliphatic heterocycles. The summed E-state index contributed by atoms with van der Waals surface area (Å²) in [5.41, 5.74) is 0.632. The zero-order valence-corrected chi connectivity index (χ0v) is 13.5. The van der Waals surface area contributed by atoms with Gasteiger partial charge in [0, 0.05) is 25.4 Å². The smallest absolute Gasteiger partial charge is 0.407 e. The van der Waals surface area contributed by atoms with Crippen molar-refractivity contribution in [3.05, 3.63) is 22.7 Å². The van der Waals surface area contributed by atoms with Crippen molar-refractivity contribution in [2.75, 3.05) is 18.0 Å². The number of hydrogen-bond donors (Lipinski definition) is 1. The lowest BCUT2D eigenvalue weighted by atomic mass is 10.2. The van der Waals surface area contributed by atoms with Crippen LogP contribution >= 0.6 is 23.2 Å². The summed E-state index contributed by atoms with van der Waals surface area (Å²) >= 11 is 12.0. The molecule has 0 radical (unpaired) electrons. The number of aromatic nitrogens is 3. The first kappa shape index (κ1) is 14.7. The van der Waals surface area contributed by atoms with Crippen LogP contribution < -0.4 is 4.90 Å². The molecule has 2 unspecified atom stereocenters. The van der Waals surface area contributed by atoms with E-state index in [1.807, 2.05) is 0 Å². The quantitative estimate of drug-likeness (QED) is 0.626. The molecule has 4 heterocycles. The van der Waals surface area contributed by atoms with Crippen molar-refractivity contribution in [2.45, 2.75) is 24.9 Å². The number of hydrogen-bond acceptors (Lipinski definition) is 5. The number of anilines is 1. The van der Waals surface area contributed by atoms with Gasteiger partial charge in [0.05, 0.1) is 23.0 Å². The van der Waals surface area contributed by atoms with Crippen molar-refractivity contribution < 1.29 is 9.90 Å². The van der Waals surface area contributed by atoms with Gasteiger partial charge in [0.2, 0.25) is 5.28 Å². The molecule has 0 aliphatic carbocycles. The number of rotatable bonds is 1. The van der Waals surface area contributed by atoms with Crippen molar-refractivity contribution >= 4 is 46.0 Å². The fraction of sp³-hybridized carbons (Fsp3) is 0.429. The van der Waals surface area contributed by atoms with Gasteiger partial charge in [-0.05, 0) is 24.4 Å². The number of carbonyl (C=O) groups is 1. The standard InChI is InChI=1S/C14H13Cl2N5O2/c15-11-3-10-9(4-17-11)12(19-13(16)18-10)20-5-7-1-2-8(6-20)21(7)14(22)23/h3-4,7-8H,1-2,5-6H2,(H,22,23). The third-order valence-corrected chi connectivity index (χ3v) is 4.88. The Labute approximate surface area is 141 Å². The lowest BCUT2D eigenvalue weighted by Crippen LogP contribution is -2.55. The number of piperazine rings is 1. The first-order valence-electron chi connectivity index (χ1n) is 7.28. The summed E-state index contributed by atoms with van der Waals surface area (Å²) in [5.74, 6) is 0.686. The van der Waals surface area contributed by atoms with Gasteiger partial charge in [-0.15, -0.1) is 0 Å². The normalized spacial score (nSPS) is 23.6. The highest BCUT2D eigenvalue weighted by molar-refractivity contribution is 6.30. The second-order valence-electron chi connectivity index (χ2n) is 5.82. The third kappa shape index (κ3) is 2.44. The molecule has 0 aromatic carbocycles. The molecule has 2 fully saturated rings. The van der Waals surface area contributed by atoms with E-state index in [1.54, 1.807) is 17.2 Å². The van der Waals surface area contributed by atoms with E-state index in [2.05, 4.69) is 19.9 Å². The number of amides is 1. The van der Waals surface area contributed by atoms with E-state index >= 15 is 0 Å². The molecular weight excluding hydrogens is 341 g/mol. The van der Waals surface area contributed by atoms with Gasteiger partial charge in [0.25, 0.3) is 0 Å². The fourth-order valence-corrected chi connectivity index (χ4v) is 3.91. The van der Waals surface area contributed by atoms with Crippen molar-refractivity contribution in [2.24, 2.45) is 0 Å². The van der Waals surface area contributed by atoms with Crippen molar-refractivity contribution in [3.8, 4) is 0 Å². The number of nitrogens with zero attached hydrogens (tertiary/aromatic N) is 5. The number of halogens is 2. The summed E-state index contributed by atoms with van der Waals surface area (Å²) in [7, 11) is 0. The van der Waals surface area contributed by atoms with Crippen LogP contribution in [0.1, 0.15) is 12.8 Å². The van der Waals surface area contributed by atoms with Crippen LogP contribution in [0, 0.1) is 0 Å². The van der Waals surface area contributed by atoms with Crippen LogP contribution in [-0.2, 0) is 0 Å². The Morgan fingerprint density at radius 3 is 2.57 bits per heavy atom. The van der Waals surface area contributed by atoms with E-state index in [0.29, 0.717) is 29.6 Å². The van der Waals surface area contributed by atoms with E-state index in [0.717, 1.165) is 18.2 Å². The van der Waals surface area contributed by atoms with Gasteiger partial charge in [0.15, 0.2) is 0 Å². The van der Waals surface area contributed by atoms with Crippen molar-refractivity contribution in [1.82, 2.24) is 19.9 Å².